The first-order valence-corrected chi connectivity index (χ1v) is 7.61. The normalized spacial score (nSPS) is 10.6. The molecule has 0 aromatic heterocycles. The maximum Gasteiger partial charge on any atom is 0.119 e. The van der Waals surface area contributed by atoms with Crippen LogP contribution in [0.1, 0.15) is 5.56 Å². The molecule has 0 spiro atoms. The lowest BCUT2D eigenvalue weighted by Crippen LogP contribution is -2.01. The standard InChI is InChI=1S/C18H16BrNO/c1-21-15-9-10-17(19)14(11-15)12-20-18-8-4-6-13-5-2-3-7-16(13)18/h2-11,20H,12H2,1H3. The van der Waals surface area contributed by atoms with E-state index in [2.05, 4.69) is 63.7 Å². The Hall–Kier alpha value is -2.00. The highest BCUT2D eigenvalue weighted by Gasteiger charge is 2.04. The van der Waals surface area contributed by atoms with Crippen molar-refractivity contribution in [2.24, 2.45) is 0 Å². The van der Waals surface area contributed by atoms with Crippen molar-refractivity contribution >= 4 is 32.4 Å². The van der Waals surface area contributed by atoms with Crippen LogP contribution < -0.4 is 10.1 Å². The van der Waals surface area contributed by atoms with Crippen LogP contribution in [0.25, 0.3) is 10.8 Å². The molecule has 0 saturated carbocycles. The summed E-state index contributed by atoms with van der Waals surface area (Å²) in [7, 11) is 1.69. The van der Waals surface area contributed by atoms with Gasteiger partial charge in [0.1, 0.15) is 5.75 Å². The minimum absolute atomic E-state index is 0.742. The number of ether oxygens (including phenoxy) is 1. The quantitative estimate of drug-likeness (QED) is 0.702. The van der Waals surface area contributed by atoms with Gasteiger partial charge in [-0.05, 0) is 35.2 Å². The van der Waals surface area contributed by atoms with Crippen molar-refractivity contribution in [3.05, 3.63) is 70.7 Å². The van der Waals surface area contributed by atoms with Crippen LogP contribution in [0.3, 0.4) is 0 Å². The van der Waals surface area contributed by atoms with Crippen LogP contribution >= 0.6 is 15.9 Å². The predicted molar refractivity (Wildman–Crippen MR) is 92.0 cm³/mol. The van der Waals surface area contributed by atoms with Gasteiger partial charge < -0.3 is 10.1 Å². The molecule has 106 valence electrons. The molecule has 0 unspecified atom stereocenters. The van der Waals surface area contributed by atoms with Gasteiger partial charge in [-0.2, -0.15) is 0 Å². The molecule has 0 heterocycles. The fourth-order valence-corrected chi connectivity index (χ4v) is 2.77. The summed E-state index contributed by atoms with van der Waals surface area (Å²) in [5.41, 5.74) is 2.31. The Morgan fingerprint density at radius 1 is 1.00 bits per heavy atom. The number of hydrogen-bond donors (Lipinski definition) is 1. The van der Waals surface area contributed by atoms with Crippen molar-refractivity contribution in [2.75, 3.05) is 12.4 Å². The molecule has 0 bridgehead atoms. The average molecular weight is 342 g/mol. The highest BCUT2D eigenvalue weighted by molar-refractivity contribution is 9.10. The minimum atomic E-state index is 0.742. The van der Waals surface area contributed by atoms with Gasteiger partial charge in [-0.3, -0.25) is 0 Å². The highest BCUT2D eigenvalue weighted by atomic mass is 79.9. The van der Waals surface area contributed by atoms with Gasteiger partial charge in [0, 0.05) is 22.1 Å². The Labute approximate surface area is 132 Å². The lowest BCUT2D eigenvalue weighted by molar-refractivity contribution is 0.414. The molecule has 0 aliphatic carbocycles. The number of methoxy groups -OCH3 is 1. The first-order valence-electron chi connectivity index (χ1n) is 6.82. The predicted octanol–water partition coefficient (Wildman–Crippen LogP) is 5.22. The zero-order valence-corrected chi connectivity index (χ0v) is 13.4. The summed E-state index contributed by atoms with van der Waals surface area (Å²) in [6.07, 6.45) is 0. The van der Waals surface area contributed by atoms with E-state index in [-0.39, 0.29) is 0 Å². The molecule has 0 amide bonds. The molecule has 21 heavy (non-hydrogen) atoms. The summed E-state index contributed by atoms with van der Waals surface area (Å²) in [6.45, 7) is 0.742. The van der Waals surface area contributed by atoms with E-state index in [9.17, 15) is 0 Å². The third-order valence-electron chi connectivity index (χ3n) is 3.51. The molecule has 3 aromatic carbocycles. The van der Waals surface area contributed by atoms with Gasteiger partial charge >= 0.3 is 0 Å². The topological polar surface area (TPSA) is 21.3 Å². The van der Waals surface area contributed by atoms with Crippen molar-refractivity contribution in [1.82, 2.24) is 0 Å². The number of fused-ring (bicyclic) bond motifs is 1. The van der Waals surface area contributed by atoms with E-state index in [4.69, 9.17) is 4.74 Å². The van der Waals surface area contributed by atoms with Gasteiger partial charge in [0.25, 0.3) is 0 Å². The summed E-state index contributed by atoms with van der Waals surface area (Å²) in [4.78, 5) is 0. The Bertz CT molecular complexity index is 765. The van der Waals surface area contributed by atoms with E-state index in [1.165, 1.54) is 16.3 Å². The molecule has 0 aliphatic rings. The molecule has 0 atom stereocenters. The first-order chi connectivity index (χ1) is 10.3. The molecule has 3 rings (SSSR count). The number of halogens is 1. The second kappa shape index (κ2) is 6.19. The van der Waals surface area contributed by atoms with Crippen molar-refractivity contribution in [3.63, 3.8) is 0 Å². The molecule has 3 aromatic rings. The first kappa shape index (κ1) is 14.0. The summed E-state index contributed by atoms with van der Waals surface area (Å²) < 4.78 is 6.36. The second-order valence-electron chi connectivity index (χ2n) is 4.84. The minimum Gasteiger partial charge on any atom is -0.497 e. The average Bonchev–Trinajstić information content (AvgIpc) is 2.54. The third-order valence-corrected chi connectivity index (χ3v) is 4.29. The lowest BCUT2D eigenvalue weighted by atomic mass is 10.1. The molecular weight excluding hydrogens is 326 g/mol. The summed E-state index contributed by atoms with van der Waals surface area (Å²) in [5.74, 6) is 0.868. The number of hydrogen-bond acceptors (Lipinski definition) is 2. The Balaban J connectivity index is 1.87. The van der Waals surface area contributed by atoms with E-state index in [0.29, 0.717) is 0 Å². The van der Waals surface area contributed by atoms with Crippen LogP contribution in [0.15, 0.2) is 65.1 Å². The number of anilines is 1. The Kier molecular flexibility index (Phi) is 4.11. The van der Waals surface area contributed by atoms with Crippen LogP contribution in [0.5, 0.6) is 5.75 Å². The van der Waals surface area contributed by atoms with Crippen molar-refractivity contribution in [2.45, 2.75) is 6.54 Å². The number of nitrogens with one attached hydrogen (secondary N) is 1. The molecule has 0 fully saturated rings. The third kappa shape index (κ3) is 3.03. The molecule has 0 aliphatic heterocycles. The largest absolute Gasteiger partial charge is 0.497 e. The van der Waals surface area contributed by atoms with Gasteiger partial charge in [0.05, 0.1) is 7.11 Å². The molecule has 2 nitrogen and oxygen atoms in total. The fourth-order valence-electron chi connectivity index (χ4n) is 2.38. The van der Waals surface area contributed by atoms with Crippen LogP contribution in [-0.2, 0) is 6.54 Å². The second-order valence-corrected chi connectivity index (χ2v) is 5.69. The van der Waals surface area contributed by atoms with Crippen LogP contribution in [0.4, 0.5) is 5.69 Å². The van der Waals surface area contributed by atoms with Crippen molar-refractivity contribution in [3.8, 4) is 5.75 Å². The Morgan fingerprint density at radius 2 is 1.81 bits per heavy atom. The van der Waals surface area contributed by atoms with Gasteiger partial charge in [-0.25, -0.2) is 0 Å². The highest BCUT2D eigenvalue weighted by Crippen LogP contribution is 2.26. The molecule has 3 heteroatoms. The summed E-state index contributed by atoms with van der Waals surface area (Å²) in [5, 5.41) is 5.99. The zero-order chi connectivity index (χ0) is 14.7. The molecular formula is C18H16BrNO. The van der Waals surface area contributed by atoms with Crippen LogP contribution in [-0.4, -0.2) is 7.11 Å². The molecule has 1 N–H and O–H groups in total. The van der Waals surface area contributed by atoms with Crippen LogP contribution in [0.2, 0.25) is 0 Å². The Morgan fingerprint density at radius 3 is 2.67 bits per heavy atom. The fraction of sp³-hybridized carbons (Fsp3) is 0.111. The van der Waals surface area contributed by atoms with E-state index in [1.54, 1.807) is 7.11 Å². The lowest BCUT2D eigenvalue weighted by Gasteiger charge is -2.12. The van der Waals surface area contributed by atoms with Crippen LogP contribution in [0, 0.1) is 0 Å². The summed E-state index contributed by atoms with van der Waals surface area (Å²) in [6, 6.07) is 20.7. The van der Waals surface area contributed by atoms with Crippen molar-refractivity contribution in [1.29, 1.82) is 0 Å². The molecule has 0 saturated heterocycles. The van der Waals surface area contributed by atoms with E-state index in [0.717, 1.165) is 22.5 Å². The monoisotopic (exact) mass is 341 g/mol. The maximum atomic E-state index is 5.28. The maximum absolute atomic E-state index is 5.28. The van der Waals surface area contributed by atoms with Crippen molar-refractivity contribution < 1.29 is 4.74 Å². The van der Waals surface area contributed by atoms with E-state index < -0.39 is 0 Å². The number of rotatable bonds is 4. The van der Waals surface area contributed by atoms with Gasteiger partial charge in [-0.15, -0.1) is 0 Å². The van der Waals surface area contributed by atoms with E-state index in [1.807, 2.05) is 18.2 Å². The van der Waals surface area contributed by atoms with Gasteiger partial charge in [0.2, 0.25) is 0 Å². The SMILES string of the molecule is COc1ccc(Br)c(CNc2cccc3ccccc23)c1. The number of benzene rings is 3. The van der Waals surface area contributed by atoms with Gasteiger partial charge in [0.15, 0.2) is 0 Å². The summed E-state index contributed by atoms with van der Waals surface area (Å²) >= 11 is 3.59. The van der Waals surface area contributed by atoms with Gasteiger partial charge in [-0.1, -0.05) is 52.3 Å². The van der Waals surface area contributed by atoms with E-state index >= 15 is 0 Å². The molecule has 0 radical (unpaired) electrons. The zero-order valence-electron chi connectivity index (χ0n) is 11.8. The smallest absolute Gasteiger partial charge is 0.119 e.